The number of aliphatic hydroxyl groups excluding tert-OH is 1. The maximum atomic E-state index is 10.2. The molecule has 2 atom stereocenters. The van der Waals surface area contributed by atoms with Crippen molar-refractivity contribution in [2.24, 2.45) is 17.2 Å². The highest BCUT2D eigenvalue weighted by Gasteiger charge is 2.24. The Balaban J connectivity index is 4.07. The van der Waals surface area contributed by atoms with Crippen LogP contribution in [0.25, 0.3) is 0 Å². The first-order valence-electron chi connectivity index (χ1n) is 2.49. The van der Waals surface area contributed by atoms with Crippen molar-refractivity contribution in [3.8, 4) is 0 Å². The first-order valence-corrected chi connectivity index (χ1v) is 2.49. The van der Waals surface area contributed by atoms with Crippen molar-refractivity contribution < 1.29 is 14.7 Å². The number of carbonyl (C=O) groups is 2. The Hall–Kier alpha value is -1.14. The van der Waals surface area contributed by atoms with E-state index in [1.54, 1.807) is 0 Å². The normalized spacial score (nSPS) is 15.8. The van der Waals surface area contributed by atoms with Crippen molar-refractivity contribution in [1.29, 1.82) is 0 Å². The maximum absolute atomic E-state index is 10.2. The fraction of sp³-hybridized carbons (Fsp3) is 0.500. The van der Waals surface area contributed by atoms with E-state index in [0.29, 0.717) is 0 Å². The molecule has 2 amide bonds. The van der Waals surface area contributed by atoms with Crippen molar-refractivity contribution in [3.05, 3.63) is 0 Å². The largest absolute Gasteiger partial charge is 0.381 e. The molecule has 0 heterocycles. The van der Waals surface area contributed by atoms with E-state index in [-0.39, 0.29) is 0 Å². The van der Waals surface area contributed by atoms with Gasteiger partial charge >= 0.3 is 0 Å². The van der Waals surface area contributed by atoms with Gasteiger partial charge in [0.15, 0.2) is 6.10 Å². The third-order valence-electron chi connectivity index (χ3n) is 0.960. The lowest BCUT2D eigenvalue weighted by Gasteiger charge is -2.10. The molecule has 0 spiro atoms. The molecule has 0 aromatic heterocycles. The average Bonchev–Trinajstić information content (AvgIpc) is 1.84. The van der Waals surface area contributed by atoms with E-state index in [9.17, 15) is 9.59 Å². The molecular weight excluding hydrogens is 138 g/mol. The number of nitrogens with two attached hydrogens (primary N) is 3. The van der Waals surface area contributed by atoms with Gasteiger partial charge in [-0.1, -0.05) is 0 Å². The second-order valence-corrected chi connectivity index (χ2v) is 1.78. The fourth-order valence-corrected chi connectivity index (χ4v) is 0.333. The van der Waals surface area contributed by atoms with Crippen LogP contribution >= 0.6 is 0 Å². The lowest BCUT2D eigenvalue weighted by molar-refractivity contribution is -0.132. The lowest BCUT2D eigenvalue weighted by Crippen LogP contribution is -2.51. The van der Waals surface area contributed by atoms with Crippen LogP contribution in [-0.4, -0.2) is 29.1 Å². The highest BCUT2D eigenvalue weighted by molar-refractivity contribution is 5.89. The zero-order valence-corrected chi connectivity index (χ0v) is 5.15. The standard InChI is InChI=1S/C4H9N3O3/c5-1(3(6)9)2(8)4(7)10/h1-2,8H,5H2,(H2,6,9)(H2,7,10)/t1-,2+/m1/s1. The third-order valence-corrected chi connectivity index (χ3v) is 0.960. The molecule has 0 saturated carbocycles. The highest BCUT2D eigenvalue weighted by atomic mass is 16.3. The van der Waals surface area contributed by atoms with E-state index in [0.717, 1.165) is 0 Å². The van der Waals surface area contributed by atoms with E-state index < -0.39 is 24.0 Å². The Kier molecular flexibility index (Phi) is 2.78. The summed E-state index contributed by atoms with van der Waals surface area (Å²) in [5.74, 6) is -2.03. The Labute approximate surface area is 57.0 Å². The summed E-state index contributed by atoms with van der Waals surface area (Å²) >= 11 is 0. The Morgan fingerprint density at radius 3 is 1.70 bits per heavy atom. The molecule has 58 valence electrons. The fourth-order valence-electron chi connectivity index (χ4n) is 0.333. The molecule has 0 aromatic carbocycles. The van der Waals surface area contributed by atoms with Crippen LogP contribution < -0.4 is 17.2 Å². The molecule has 0 saturated heterocycles. The third kappa shape index (κ3) is 2.00. The second kappa shape index (κ2) is 3.14. The summed E-state index contributed by atoms with van der Waals surface area (Å²) in [5.41, 5.74) is 14.2. The summed E-state index contributed by atoms with van der Waals surface area (Å²) in [7, 11) is 0. The van der Waals surface area contributed by atoms with Crippen molar-refractivity contribution in [3.63, 3.8) is 0 Å². The van der Waals surface area contributed by atoms with Gasteiger partial charge in [-0.3, -0.25) is 9.59 Å². The molecular formula is C4H9N3O3. The van der Waals surface area contributed by atoms with E-state index >= 15 is 0 Å². The summed E-state index contributed by atoms with van der Waals surface area (Å²) < 4.78 is 0. The van der Waals surface area contributed by atoms with Crippen molar-refractivity contribution in [2.75, 3.05) is 0 Å². The minimum absolute atomic E-state index is 0.966. The Morgan fingerprint density at radius 2 is 1.60 bits per heavy atom. The van der Waals surface area contributed by atoms with E-state index in [4.69, 9.17) is 10.8 Å². The minimum Gasteiger partial charge on any atom is -0.381 e. The topological polar surface area (TPSA) is 132 Å². The number of rotatable bonds is 3. The van der Waals surface area contributed by atoms with Crippen LogP contribution in [0.4, 0.5) is 0 Å². The van der Waals surface area contributed by atoms with Gasteiger partial charge in [-0.05, 0) is 0 Å². The van der Waals surface area contributed by atoms with Gasteiger partial charge in [0.1, 0.15) is 6.04 Å². The zero-order valence-electron chi connectivity index (χ0n) is 5.15. The van der Waals surface area contributed by atoms with Gasteiger partial charge in [-0.2, -0.15) is 0 Å². The van der Waals surface area contributed by atoms with Gasteiger partial charge < -0.3 is 22.3 Å². The second-order valence-electron chi connectivity index (χ2n) is 1.78. The molecule has 10 heavy (non-hydrogen) atoms. The van der Waals surface area contributed by atoms with Crippen molar-refractivity contribution >= 4 is 11.8 Å². The zero-order chi connectivity index (χ0) is 8.31. The number of amides is 2. The quantitative estimate of drug-likeness (QED) is 0.332. The number of hydrogen-bond donors (Lipinski definition) is 4. The molecule has 0 fully saturated rings. The number of primary amides is 2. The molecule has 6 heteroatoms. The monoisotopic (exact) mass is 147 g/mol. The molecule has 0 radical (unpaired) electrons. The average molecular weight is 147 g/mol. The summed E-state index contributed by atoms with van der Waals surface area (Å²) in [4.78, 5) is 20.3. The molecule has 6 nitrogen and oxygen atoms in total. The lowest BCUT2D eigenvalue weighted by atomic mass is 10.1. The van der Waals surface area contributed by atoms with Gasteiger partial charge in [0, 0.05) is 0 Å². The van der Waals surface area contributed by atoms with Gasteiger partial charge in [0.05, 0.1) is 0 Å². The molecule has 7 N–H and O–H groups in total. The molecule has 0 aromatic rings. The molecule has 0 aliphatic heterocycles. The predicted molar refractivity (Wildman–Crippen MR) is 32.4 cm³/mol. The number of hydrogen-bond acceptors (Lipinski definition) is 4. The molecule has 0 bridgehead atoms. The predicted octanol–water partition coefficient (Wildman–Crippen LogP) is -3.35. The summed E-state index contributed by atoms with van der Waals surface area (Å²) in [6, 6.07) is -1.42. The van der Waals surface area contributed by atoms with Crippen molar-refractivity contribution in [2.45, 2.75) is 12.1 Å². The number of carbonyl (C=O) groups excluding carboxylic acids is 2. The molecule has 0 aliphatic carbocycles. The first kappa shape index (κ1) is 8.86. The number of aliphatic hydroxyl groups is 1. The summed E-state index contributed by atoms with van der Waals surface area (Å²) in [6.07, 6.45) is -1.70. The molecule has 0 aliphatic rings. The van der Waals surface area contributed by atoms with Crippen LogP contribution in [0.1, 0.15) is 0 Å². The first-order chi connectivity index (χ1) is 4.46. The highest BCUT2D eigenvalue weighted by Crippen LogP contribution is 1.86. The molecule has 0 rings (SSSR count). The molecule has 0 unspecified atom stereocenters. The van der Waals surface area contributed by atoms with Gasteiger partial charge in [0.2, 0.25) is 11.8 Å². The Bertz CT molecular complexity index is 140. The van der Waals surface area contributed by atoms with Crippen LogP contribution in [0, 0.1) is 0 Å². The minimum atomic E-state index is -1.70. The smallest absolute Gasteiger partial charge is 0.248 e. The van der Waals surface area contributed by atoms with Crippen molar-refractivity contribution in [1.82, 2.24) is 0 Å². The van der Waals surface area contributed by atoms with Crippen LogP contribution in [0.3, 0.4) is 0 Å². The summed E-state index contributed by atoms with van der Waals surface area (Å²) in [5, 5.41) is 8.67. The van der Waals surface area contributed by atoms with Crippen LogP contribution in [0.2, 0.25) is 0 Å². The SMILES string of the molecule is NC(=O)[C@@H](O)[C@@H](N)C(N)=O. The maximum Gasteiger partial charge on any atom is 0.248 e. The Morgan fingerprint density at radius 1 is 1.20 bits per heavy atom. The summed E-state index contributed by atoms with van der Waals surface area (Å²) in [6.45, 7) is 0. The van der Waals surface area contributed by atoms with Crippen LogP contribution in [0.15, 0.2) is 0 Å². The van der Waals surface area contributed by atoms with E-state index in [1.165, 1.54) is 0 Å². The van der Waals surface area contributed by atoms with Crippen LogP contribution in [0.5, 0.6) is 0 Å². The van der Waals surface area contributed by atoms with E-state index in [2.05, 4.69) is 11.5 Å². The van der Waals surface area contributed by atoms with Gasteiger partial charge in [-0.25, -0.2) is 0 Å². The van der Waals surface area contributed by atoms with Crippen LogP contribution in [-0.2, 0) is 9.59 Å². The van der Waals surface area contributed by atoms with Gasteiger partial charge in [-0.15, -0.1) is 0 Å². The van der Waals surface area contributed by atoms with Gasteiger partial charge in [0.25, 0.3) is 0 Å². The van der Waals surface area contributed by atoms with E-state index in [1.807, 2.05) is 0 Å².